The molecular formula is C29H36N4O. The maximum atomic E-state index is 13.8. The van der Waals surface area contributed by atoms with E-state index in [0.717, 1.165) is 39.0 Å². The topological polar surface area (TPSA) is 48.5 Å². The molecule has 0 unspecified atom stereocenters. The smallest absolute Gasteiger partial charge is 0.257 e. The van der Waals surface area contributed by atoms with Crippen LogP contribution in [0.2, 0.25) is 0 Å². The predicted octanol–water partition coefficient (Wildman–Crippen LogP) is 5.11. The average molecular weight is 457 g/mol. The minimum absolute atomic E-state index is 0.0699. The second kappa shape index (κ2) is 11.8. The van der Waals surface area contributed by atoms with E-state index in [1.807, 2.05) is 18.2 Å². The number of nitrogens with one attached hydrogen (secondary N) is 1. The lowest BCUT2D eigenvalue weighted by Crippen LogP contribution is -2.55. The largest absolute Gasteiger partial charge is 0.369 e. The molecule has 2 heterocycles. The van der Waals surface area contributed by atoms with Crippen LogP contribution in [0.3, 0.4) is 0 Å². The molecule has 5 heteroatoms. The zero-order valence-corrected chi connectivity index (χ0v) is 20.4. The Labute approximate surface area is 203 Å². The van der Waals surface area contributed by atoms with Gasteiger partial charge in [0.05, 0.1) is 5.56 Å². The highest BCUT2D eigenvalue weighted by molar-refractivity contribution is 5.99. The molecule has 2 aromatic carbocycles. The summed E-state index contributed by atoms with van der Waals surface area (Å²) in [6, 6.07) is 25.0. The van der Waals surface area contributed by atoms with Gasteiger partial charge in [-0.25, -0.2) is 4.98 Å². The number of benzene rings is 2. The number of anilines is 1. The maximum absolute atomic E-state index is 13.8. The first-order valence-corrected chi connectivity index (χ1v) is 12.4. The SMILES string of the molecule is CC(C)CCNc1ncccc1C(=O)N1CCN(Cc2ccccc2)C[C@H]1Cc1ccccc1. The summed E-state index contributed by atoms with van der Waals surface area (Å²) >= 11 is 0. The fraction of sp³-hybridized carbons (Fsp3) is 0.379. The van der Waals surface area contributed by atoms with Gasteiger partial charge in [0.1, 0.15) is 5.82 Å². The molecule has 178 valence electrons. The summed E-state index contributed by atoms with van der Waals surface area (Å²) in [4.78, 5) is 22.9. The molecule has 1 amide bonds. The van der Waals surface area contributed by atoms with Gasteiger partial charge in [0.15, 0.2) is 0 Å². The Balaban J connectivity index is 1.52. The van der Waals surface area contributed by atoms with Gasteiger partial charge in [-0.1, -0.05) is 74.5 Å². The molecule has 0 aliphatic carbocycles. The van der Waals surface area contributed by atoms with Crippen LogP contribution in [0.5, 0.6) is 0 Å². The van der Waals surface area contributed by atoms with Crippen molar-refractivity contribution in [1.82, 2.24) is 14.8 Å². The molecular weight excluding hydrogens is 420 g/mol. The summed E-state index contributed by atoms with van der Waals surface area (Å²) in [5.41, 5.74) is 3.23. The van der Waals surface area contributed by atoms with Crippen LogP contribution >= 0.6 is 0 Å². The molecule has 3 aromatic rings. The van der Waals surface area contributed by atoms with Crippen LogP contribution in [0, 0.1) is 5.92 Å². The number of hydrogen-bond acceptors (Lipinski definition) is 4. The van der Waals surface area contributed by atoms with Gasteiger partial charge in [0, 0.05) is 45.0 Å². The van der Waals surface area contributed by atoms with Crippen LogP contribution in [0.4, 0.5) is 5.82 Å². The van der Waals surface area contributed by atoms with Gasteiger partial charge in [-0.05, 0) is 42.0 Å². The van der Waals surface area contributed by atoms with E-state index in [2.05, 4.69) is 88.5 Å². The molecule has 0 radical (unpaired) electrons. The second-order valence-corrected chi connectivity index (χ2v) is 9.57. The zero-order chi connectivity index (χ0) is 23.8. The third-order valence-electron chi connectivity index (χ3n) is 6.44. The number of pyridine rings is 1. The van der Waals surface area contributed by atoms with E-state index in [-0.39, 0.29) is 11.9 Å². The van der Waals surface area contributed by atoms with Crippen molar-refractivity contribution in [1.29, 1.82) is 0 Å². The highest BCUT2D eigenvalue weighted by Gasteiger charge is 2.32. The molecule has 1 aliphatic rings. The van der Waals surface area contributed by atoms with E-state index in [1.54, 1.807) is 6.20 Å². The molecule has 4 rings (SSSR count). The Morgan fingerprint density at radius 1 is 0.971 bits per heavy atom. The Hall–Kier alpha value is -3.18. The number of hydrogen-bond donors (Lipinski definition) is 1. The molecule has 0 bridgehead atoms. The average Bonchev–Trinajstić information content (AvgIpc) is 2.85. The van der Waals surface area contributed by atoms with Crippen molar-refractivity contribution in [3.63, 3.8) is 0 Å². The summed E-state index contributed by atoms with van der Waals surface area (Å²) in [5.74, 6) is 1.36. The summed E-state index contributed by atoms with van der Waals surface area (Å²) in [7, 11) is 0. The molecule has 1 saturated heterocycles. The van der Waals surface area contributed by atoms with E-state index >= 15 is 0 Å². The van der Waals surface area contributed by atoms with Crippen LogP contribution < -0.4 is 5.32 Å². The van der Waals surface area contributed by atoms with Crippen LogP contribution in [-0.2, 0) is 13.0 Å². The lowest BCUT2D eigenvalue weighted by molar-refractivity contribution is 0.0439. The first-order valence-electron chi connectivity index (χ1n) is 12.4. The molecule has 0 spiro atoms. The Bertz CT molecular complexity index is 1040. The normalized spacial score (nSPS) is 16.6. The van der Waals surface area contributed by atoms with Crippen molar-refractivity contribution in [2.24, 2.45) is 5.92 Å². The van der Waals surface area contributed by atoms with Crippen molar-refractivity contribution in [2.75, 3.05) is 31.5 Å². The summed E-state index contributed by atoms with van der Waals surface area (Å²) in [6.45, 7) is 8.55. The number of nitrogens with zero attached hydrogens (tertiary/aromatic N) is 3. The summed E-state index contributed by atoms with van der Waals surface area (Å²) in [6.07, 6.45) is 3.64. The van der Waals surface area contributed by atoms with Crippen molar-refractivity contribution >= 4 is 11.7 Å². The molecule has 1 N–H and O–H groups in total. The van der Waals surface area contributed by atoms with Crippen molar-refractivity contribution < 1.29 is 4.79 Å². The number of carbonyl (C=O) groups excluding carboxylic acids is 1. The quantitative estimate of drug-likeness (QED) is 0.486. The molecule has 1 fully saturated rings. The lowest BCUT2D eigenvalue weighted by atomic mass is 10.0. The van der Waals surface area contributed by atoms with Gasteiger partial charge in [-0.3, -0.25) is 9.69 Å². The third kappa shape index (κ3) is 6.45. The van der Waals surface area contributed by atoms with Crippen molar-refractivity contribution in [2.45, 2.75) is 39.3 Å². The maximum Gasteiger partial charge on any atom is 0.257 e. The van der Waals surface area contributed by atoms with Crippen molar-refractivity contribution in [3.05, 3.63) is 95.7 Å². The van der Waals surface area contributed by atoms with E-state index in [4.69, 9.17) is 0 Å². The number of piperazine rings is 1. The summed E-state index contributed by atoms with van der Waals surface area (Å²) in [5, 5.41) is 3.40. The Morgan fingerprint density at radius 2 is 1.68 bits per heavy atom. The van der Waals surface area contributed by atoms with E-state index < -0.39 is 0 Å². The summed E-state index contributed by atoms with van der Waals surface area (Å²) < 4.78 is 0. The minimum Gasteiger partial charge on any atom is -0.369 e. The van der Waals surface area contributed by atoms with Gasteiger partial charge in [-0.15, -0.1) is 0 Å². The Morgan fingerprint density at radius 3 is 2.38 bits per heavy atom. The van der Waals surface area contributed by atoms with Crippen LogP contribution in [0.25, 0.3) is 0 Å². The molecule has 5 nitrogen and oxygen atoms in total. The monoisotopic (exact) mass is 456 g/mol. The molecule has 34 heavy (non-hydrogen) atoms. The van der Waals surface area contributed by atoms with E-state index in [9.17, 15) is 4.79 Å². The first kappa shape index (κ1) is 24.0. The molecule has 0 saturated carbocycles. The predicted molar refractivity (Wildman–Crippen MR) is 139 cm³/mol. The van der Waals surface area contributed by atoms with Crippen molar-refractivity contribution in [3.8, 4) is 0 Å². The Kier molecular flexibility index (Phi) is 8.31. The first-order chi connectivity index (χ1) is 16.6. The third-order valence-corrected chi connectivity index (χ3v) is 6.44. The fourth-order valence-corrected chi connectivity index (χ4v) is 4.59. The highest BCUT2D eigenvalue weighted by Crippen LogP contribution is 2.22. The zero-order valence-electron chi connectivity index (χ0n) is 20.4. The number of amides is 1. The standard InChI is InChI=1S/C29H36N4O/c1-23(2)15-17-31-28-27(14-9-16-30-28)29(34)33-19-18-32(21-25-12-7-4-8-13-25)22-26(33)20-24-10-5-3-6-11-24/h3-14,16,23,26H,15,17-22H2,1-2H3,(H,30,31)/t26-/m1/s1. The van der Waals surface area contributed by atoms with Crippen LogP contribution in [0.1, 0.15) is 41.8 Å². The fourth-order valence-electron chi connectivity index (χ4n) is 4.59. The molecule has 1 aliphatic heterocycles. The number of aromatic nitrogens is 1. The number of carbonyl (C=O) groups is 1. The van der Waals surface area contributed by atoms with E-state index in [1.165, 1.54) is 11.1 Å². The van der Waals surface area contributed by atoms with Crippen LogP contribution in [0.15, 0.2) is 79.0 Å². The minimum atomic E-state index is 0.0699. The van der Waals surface area contributed by atoms with Crippen LogP contribution in [-0.4, -0.2) is 52.9 Å². The van der Waals surface area contributed by atoms with E-state index in [0.29, 0.717) is 23.8 Å². The number of rotatable bonds is 9. The molecule has 1 aromatic heterocycles. The second-order valence-electron chi connectivity index (χ2n) is 9.57. The van der Waals surface area contributed by atoms with Gasteiger partial charge < -0.3 is 10.2 Å². The highest BCUT2D eigenvalue weighted by atomic mass is 16.2. The lowest BCUT2D eigenvalue weighted by Gasteiger charge is -2.42. The van der Waals surface area contributed by atoms with Gasteiger partial charge in [-0.2, -0.15) is 0 Å². The van der Waals surface area contributed by atoms with Gasteiger partial charge in [0.25, 0.3) is 5.91 Å². The molecule has 1 atom stereocenters. The van der Waals surface area contributed by atoms with Gasteiger partial charge in [0.2, 0.25) is 0 Å². The van der Waals surface area contributed by atoms with Gasteiger partial charge >= 0.3 is 0 Å².